The van der Waals surface area contributed by atoms with E-state index in [1.54, 1.807) is 19.0 Å². The van der Waals surface area contributed by atoms with Crippen molar-refractivity contribution < 1.29 is 9.09 Å². The van der Waals surface area contributed by atoms with Gasteiger partial charge in [-0.1, -0.05) is 6.58 Å². The van der Waals surface area contributed by atoms with Crippen LogP contribution in [-0.2, 0) is 9.09 Å². The van der Waals surface area contributed by atoms with E-state index >= 15 is 0 Å². The SMILES string of the molecule is C=C(N(C)C)[PH](=O)OCC. The van der Waals surface area contributed by atoms with Crippen LogP contribution in [-0.4, -0.2) is 25.6 Å². The molecular weight excluding hydrogens is 149 g/mol. The van der Waals surface area contributed by atoms with Gasteiger partial charge >= 0.3 is 0 Å². The van der Waals surface area contributed by atoms with Gasteiger partial charge in [-0.2, -0.15) is 0 Å². The van der Waals surface area contributed by atoms with Crippen LogP contribution in [0.1, 0.15) is 6.92 Å². The zero-order valence-corrected chi connectivity index (χ0v) is 7.68. The molecule has 4 heteroatoms. The Kier molecular flexibility index (Phi) is 4.41. The van der Waals surface area contributed by atoms with E-state index in [0.29, 0.717) is 12.0 Å². The molecule has 0 amide bonds. The van der Waals surface area contributed by atoms with Crippen molar-refractivity contribution in [2.24, 2.45) is 0 Å². The summed E-state index contributed by atoms with van der Waals surface area (Å²) in [5, 5.41) is 0. The largest absolute Gasteiger partial charge is 0.374 e. The molecule has 0 rings (SSSR count). The Bertz CT molecular complexity index is 145. The number of nitrogens with zero attached hydrogens (tertiary/aromatic N) is 1. The van der Waals surface area contributed by atoms with Crippen molar-refractivity contribution in [2.75, 3.05) is 20.7 Å². The lowest BCUT2D eigenvalue weighted by Crippen LogP contribution is -2.07. The minimum absolute atomic E-state index is 0.477. The van der Waals surface area contributed by atoms with Crippen LogP contribution in [0.15, 0.2) is 12.0 Å². The fourth-order valence-electron chi connectivity index (χ4n) is 0.397. The monoisotopic (exact) mass is 163 g/mol. The molecule has 0 aromatic heterocycles. The van der Waals surface area contributed by atoms with Crippen LogP contribution in [0, 0.1) is 0 Å². The average Bonchev–Trinajstić information content (AvgIpc) is 1.87. The molecule has 0 aromatic rings. The Morgan fingerprint density at radius 1 is 1.70 bits per heavy atom. The maximum absolute atomic E-state index is 11.0. The van der Waals surface area contributed by atoms with Crippen molar-refractivity contribution in [3.05, 3.63) is 12.0 Å². The molecule has 0 aromatic carbocycles. The Hall–Kier alpha value is -0.270. The van der Waals surface area contributed by atoms with E-state index in [1.165, 1.54) is 0 Å². The zero-order valence-electron chi connectivity index (χ0n) is 6.68. The molecule has 0 saturated carbocycles. The van der Waals surface area contributed by atoms with Gasteiger partial charge in [0.2, 0.25) is 8.03 Å². The molecule has 0 aliphatic heterocycles. The van der Waals surface area contributed by atoms with Crippen molar-refractivity contribution in [1.29, 1.82) is 0 Å². The fraction of sp³-hybridized carbons (Fsp3) is 0.667. The summed E-state index contributed by atoms with van der Waals surface area (Å²) in [7, 11) is 1.55. The third-order valence-corrected chi connectivity index (χ3v) is 2.52. The molecule has 0 fully saturated rings. The third-order valence-electron chi connectivity index (χ3n) is 1.05. The van der Waals surface area contributed by atoms with Crippen LogP contribution >= 0.6 is 8.03 Å². The van der Waals surface area contributed by atoms with Crippen LogP contribution in [0.25, 0.3) is 0 Å². The molecule has 60 valence electrons. The summed E-state index contributed by atoms with van der Waals surface area (Å²) >= 11 is 0. The van der Waals surface area contributed by atoms with Gasteiger partial charge in [-0.25, -0.2) is 0 Å². The first-order valence-corrected chi connectivity index (χ1v) is 4.44. The van der Waals surface area contributed by atoms with E-state index in [9.17, 15) is 4.57 Å². The molecule has 3 nitrogen and oxygen atoms in total. The van der Waals surface area contributed by atoms with Gasteiger partial charge < -0.3 is 9.42 Å². The van der Waals surface area contributed by atoms with Crippen LogP contribution < -0.4 is 0 Å². The van der Waals surface area contributed by atoms with E-state index < -0.39 is 8.03 Å². The first-order valence-electron chi connectivity index (χ1n) is 3.13. The highest BCUT2D eigenvalue weighted by Gasteiger charge is 2.04. The first kappa shape index (κ1) is 9.73. The Morgan fingerprint density at radius 3 is 2.50 bits per heavy atom. The minimum atomic E-state index is -2.04. The van der Waals surface area contributed by atoms with Crippen molar-refractivity contribution in [1.82, 2.24) is 4.90 Å². The molecule has 0 heterocycles. The van der Waals surface area contributed by atoms with Gasteiger partial charge in [0, 0.05) is 14.1 Å². The van der Waals surface area contributed by atoms with E-state index in [1.807, 2.05) is 6.92 Å². The first-order chi connectivity index (χ1) is 4.59. The summed E-state index contributed by atoms with van der Waals surface area (Å²) in [6.07, 6.45) is 0. The molecule has 1 unspecified atom stereocenters. The van der Waals surface area contributed by atoms with Gasteiger partial charge in [0.05, 0.1) is 12.0 Å². The molecule has 0 aliphatic rings. The normalized spacial score (nSPS) is 12.7. The highest BCUT2D eigenvalue weighted by atomic mass is 31.1. The van der Waals surface area contributed by atoms with Gasteiger partial charge in [-0.15, -0.1) is 0 Å². The van der Waals surface area contributed by atoms with Crippen molar-refractivity contribution >= 4 is 8.03 Å². The van der Waals surface area contributed by atoms with Gasteiger partial charge in [0.15, 0.2) is 0 Å². The highest BCUT2D eigenvalue weighted by molar-refractivity contribution is 7.44. The molecule has 0 aliphatic carbocycles. The Labute approximate surface area is 62.5 Å². The van der Waals surface area contributed by atoms with Crippen molar-refractivity contribution in [2.45, 2.75) is 6.92 Å². The van der Waals surface area contributed by atoms with Gasteiger partial charge in [0.1, 0.15) is 0 Å². The Balaban J connectivity index is 3.83. The third kappa shape index (κ3) is 3.04. The average molecular weight is 163 g/mol. The molecule has 1 atom stereocenters. The number of hydrogen-bond donors (Lipinski definition) is 0. The summed E-state index contributed by atoms with van der Waals surface area (Å²) in [5.41, 5.74) is 0.562. The smallest absolute Gasteiger partial charge is 0.235 e. The van der Waals surface area contributed by atoms with E-state index in [2.05, 4.69) is 6.58 Å². The summed E-state index contributed by atoms with van der Waals surface area (Å²) < 4.78 is 15.9. The summed E-state index contributed by atoms with van der Waals surface area (Å²) in [6, 6.07) is 0. The summed E-state index contributed by atoms with van der Waals surface area (Å²) in [4.78, 5) is 1.71. The van der Waals surface area contributed by atoms with Crippen LogP contribution in [0.4, 0.5) is 0 Å². The van der Waals surface area contributed by atoms with Gasteiger partial charge in [-0.05, 0) is 6.92 Å². The molecule has 0 radical (unpaired) electrons. The van der Waals surface area contributed by atoms with Gasteiger partial charge in [-0.3, -0.25) is 4.57 Å². The molecule has 0 saturated heterocycles. The predicted octanol–water partition coefficient (Wildman–Crippen LogP) is 1.53. The maximum atomic E-state index is 11.0. The molecule has 0 bridgehead atoms. The molecule has 10 heavy (non-hydrogen) atoms. The second-order valence-electron chi connectivity index (χ2n) is 2.06. The lowest BCUT2D eigenvalue weighted by Gasteiger charge is -2.14. The Morgan fingerprint density at radius 2 is 2.20 bits per heavy atom. The second kappa shape index (κ2) is 4.53. The summed E-state index contributed by atoms with van der Waals surface area (Å²) in [6.45, 7) is 5.89. The van der Waals surface area contributed by atoms with Crippen LogP contribution in [0.3, 0.4) is 0 Å². The molecule has 0 N–H and O–H groups in total. The van der Waals surface area contributed by atoms with E-state index in [-0.39, 0.29) is 0 Å². The lowest BCUT2D eigenvalue weighted by atomic mass is 10.8. The van der Waals surface area contributed by atoms with E-state index in [0.717, 1.165) is 0 Å². The number of rotatable bonds is 4. The van der Waals surface area contributed by atoms with Crippen molar-refractivity contribution in [3.63, 3.8) is 0 Å². The predicted molar refractivity (Wildman–Crippen MR) is 43.5 cm³/mol. The van der Waals surface area contributed by atoms with Crippen molar-refractivity contribution in [3.8, 4) is 0 Å². The fourth-order valence-corrected chi connectivity index (χ4v) is 1.19. The molecule has 0 spiro atoms. The quantitative estimate of drug-likeness (QED) is 0.588. The molecular formula is C6H14NO2P. The van der Waals surface area contributed by atoms with Crippen LogP contribution in [0.2, 0.25) is 0 Å². The minimum Gasteiger partial charge on any atom is -0.374 e. The highest BCUT2D eigenvalue weighted by Crippen LogP contribution is 2.32. The second-order valence-corrected chi connectivity index (χ2v) is 3.50. The standard InChI is InChI=1S/C6H14NO2P/c1-5-9-10(8)6(2)7(3)4/h10H,2,5H2,1,3-4H3. The van der Waals surface area contributed by atoms with Crippen LogP contribution in [0.5, 0.6) is 0 Å². The topological polar surface area (TPSA) is 29.5 Å². The van der Waals surface area contributed by atoms with Gasteiger partial charge in [0.25, 0.3) is 0 Å². The van der Waals surface area contributed by atoms with E-state index in [4.69, 9.17) is 4.52 Å². The summed E-state index contributed by atoms with van der Waals surface area (Å²) in [5.74, 6) is 0. The zero-order chi connectivity index (χ0) is 8.15. The maximum Gasteiger partial charge on any atom is 0.235 e. The number of hydrogen-bond acceptors (Lipinski definition) is 3. The lowest BCUT2D eigenvalue weighted by molar-refractivity contribution is 0.346.